The van der Waals surface area contributed by atoms with Crippen LogP contribution in [0.3, 0.4) is 0 Å². The first-order valence-corrected chi connectivity index (χ1v) is 14.8. The lowest BCUT2D eigenvalue weighted by Gasteiger charge is -2.32. The van der Waals surface area contributed by atoms with Gasteiger partial charge in [-0.15, -0.1) is 0 Å². The number of amides is 3. The Labute approximate surface area is 278 Å². The van der Waals surface area contributed by atoms with Gasteiger partial charge in [0.1, 0.15) is 30.6 Å². The molecule has 1 aromatic heterocycles. The fourth-order valence-electron chi connectivity index (χ4n) is 4.67. The van der Waals surface area contributed by atoms with Gasteiger partial charge >= 0.3 is 11.8 Å². The number of anilines is 1. The normalized spacial score (nSPS) is 11.2. The minimum atomic E-state index is -1.52. The van der Waals surface area contributed by atoms with Crippen LogP contribution >= 0.6 is 11.6 Å². The summed E-state index contributed by atoms with van der Waals surface area (Å²) < 4.78 is 11.3. The van der Waals surface area contributed by atoms with E-state index < -0.39 is 52.4 Å². The SMILES string of the molecule is COc1ccc(NC(=O)C(c2ccccc2Cl)N(CCNC(=O)OCc2ccccc2)C(=O)Cn2cc(C)c(=O)[nH]c2=O)c([N+](=O)[O-])c1. The van der Waals surface area contributed by atoms with Crippen LogP contribution in [0.25, 0.3) is 0 Å². The van der Waals surface area contributed by atoms with Gasteiger partial charge in [-0.2, -0.15) is 0 Å². The van der Waals surface area contributed by atoms with Crippen LogP contribution in [0, 0.1) is 17.0 Å². The number of H-pyrrole nitrogens is 1. The highest BCUT2D eigenvalue weighted by Gasteiger charge is 2.34. The predicted octanol–water partition coefficient (Wildman–Crippen LogP) is 3.55. The summed E-state index contributed by atoms with van der Waals surface area (Å²) in [6.45, 7) is 0.296. The van der Waals surface area contributed by atoms with Crippen LogP contribution in [0.1, 0.15) is 22.7 Å². The molecule has 0 aliphatic carbocycles. The predicted molar refractivity (Wildman–Crippen MR) is 175 cm³/mol. The van der Waals surface area contributed by atoms with Crippen molar-refractivity contribution in [1.29, 1.82) is 0 Å². The van der Waals surface area contributed by atoms with Crippen LogP contribution in [0.5, 0.6) is 5.75 Å². The summed E-state index contributed by atoms with van der Waals surface area (Å²) in [5, 5.41) is 17.0. The van der Waals surface area contributed by atoms with Crippen molar-refractivity contribution < 1.29 is 28.8 Å². The molecule has 4 rings (SSSR count). The third-order valence-electron chi connectivity index (χ3n) is 7.07. The maximum atomic E-state index is 14.1. The molecule has 0 bridgehead atoms. The van der Waals surface area contributed by atoms with E-state index >= 15 is 0 Å². The molecule has 0 saturated heterocycles. The molecular formula is C32H31ClN6O9. The Hall–Kier alpha value is -5.96. The van der Waals surface area contributed by atoms with Crippen LogP contribution in [0.2, 0.25) is 5.02 Å². The van der Waals surface area contributed by atoms with Crippen molar-refractivity contribution in [3.63, 3.8) is 0 Å². The fourth-order valence-corrected chi connectivity index (χ4v) is 4.91. The molecule has 15 nitrogen and oxygen atoms in total. The molecular weight excluding hydrogens is 648 g/mol. The molecule has 1 atom stereocenters. The molecule has 0 saturated carbocycles. The van der Waals surface area contributed by atoms with E-state index in [0.29, 0.717) is 0 Å². The minimum absolute atomic E-state index is 0.0188. The van der Waals surface area contributed by atoms with Gasteiger partial charge in [0.2, 0.25) is 5.91 Å². The summed E-state index contributed by atoms with van der Waals surface area (Å²) in [5.74, 6) is -1.50. The summed E-state index contributed by atoms with van der Waals surface area (Å²) in [7, 11) is 1.33. The Bertz CT molecular complexity index is 1930. The highest BCUT2D eigenvalue weighted by atomic mass is 35.5. The molecule has 3 aromatic carbocycles. The number of alkyl carbamates (subject to hydrolysis) is 1. The lowest BCUT2D eigenvalue weighted by Crippen LogP contribution is -2.47. The second-order valence-corrected chi connectivity index (χ2v) is 10.7. The van der Waals surface area contributed by atoms with Crippen LogP contribution in [0.15, 0.2) is 88.6 Å². The van der Waals surface area contributed by atoms with Crippen molar-refractivity contribution in [3.8, 4) is 5.75 Å². The van der Waals surface area contributed by atoms with Crippen molar-refractivity contribution in [1.82, 2.24) is 19.8 Å². The van der Waals surface area contributed by atoms with Gasteiger partial charge in [0.05, 0.1) is 18.1 Å². The molecule has 250 valence electrons. The first-order chi connectivity index (χ1) is 23.0. The largest absolute Gasteiger partial charge is 0.496 e. The Morgan fingerprint density at radius 2 is 1.77 bits per heavy atom. The summed E-state index contributed by atoms with van der Waals surface area (Å²) in [5.41, 5.74) is -1.11. The van der Waals surface area contributed by atoms with Gasteiger partial charge in [0, 0.05) is 35.4 Å². The molecule has 0 radical (unpaired) electrons. The van der Waals surface area contributed by atoms with Crippen LogP contribution in [-0.2, 0) is 27.5 Å². The number of carbonyl (C=O) groups is 3. The standard InChI is InChI=1S/C32H31ClN6O9/c1-20-17-37(31(43)36-29(20)41)18-27(40)38(15-14-34-32(44)48-19-21-8-4-3-5-9-21)28(23-10-6-7-11-24(23)33)30(42)35-25-13-12-22(47-2)16-26(25)39(45)46/h3-13,16-17,28H,14-15,18-19H2,1-2H3,(H,34,44)(H,35,42)(H,36,41,43). The summed E-state index contributed by atoms with van der Waals surface area (Å²) in [4.78, 5) is 79.4. The van der Waals surface area contributed by atoms with Crippen molar-refractivity contribution in [2.24, 2.45) is 0 Å². The first-order valence-electron chi connectivity index (χ1n) is 14.4. The van der Waals surface area contributed by atoms with E-state index in [2.05, 4.69) is 15.6 Å². The molecule has 0 fully saturated rings. The average molecular weight is 679 g/mol. The van der Waals surface area contributed by atoms with Crippen molar-refractivity contribution >= 4 is 40.9 Å². The summed E-state index contributed by atoms with van der Waals surface area (Å²) in [6, 6.07) is 17.4. The lowest BCUT2D eigenvalue weighted by atomic mass is 10.0. The number of aryl methyl sites for hydroxylation is 1. The molecule has 0 spiro atoms. The van der Waals surface area contributed by atoms with Gasteiger partial charge < -0.3 is 25.0 Å². The number of aromatic nitrogens is 2. The minimum Gasteiger partial charge on any atom is -0.496 e. The number of nitrogens with one attached hydrogen (secondary N) is 3. The van der Waals surface area contributed by atoms with Gasteiger partial charge in [-0.05, 0) is 30.7 Å². The van der Waals surface area contributed by atoms with E-state index in [1.54, 1.807) is 36.4 Å². The average Bonchev–Trinajstić information content (AvgIpc) is 3.07. The molecule has 3 amide bonds. The van der Waals surface area contributed by atoms with Crippen LogP contribution in [0.4, 0.5) is 16.2 Å². The molecule has 16 heteroatoms. The second-order valence-electron chi connectivity index (χ2n) is 10.3. The monoisotopic (exact) mass is 678 g/mol. The first kappa shape index (κ1) is 34.9. The number of halogens is 1. The number of rotatable bonds is 13. The van der Waals surface area contributed by atoms with Gasteiger partial charge in [0.25, 0.3) is 17.2 Å². The second kappa shape index (κ2) is 16.0. The number of ether oxygens (including phenoxy) is 2. The van der Waals surface area contributed by atoms with Crippen molar-refractivity contribution in [2.45, 2.75) is 26.1 Å². The number of nitro benzene ring substituents is 1. The number of hydrogen-bond acceptors (Lipinski definition) is 9. The van der Waals surface area contributed by atoms with Crippen molar-refractivity contribution in [2.75, 3.05) is 25.5 Å². The molecule has 48 heavy (non-hydrogen) atoms. The molecule has 1 heterocycles. The molecule has 0 aliphatic rings. The Balaban J connectivity index is 1.68. The number of hydrogen-bond donors (Lipinski definition) is 3. The van der Waals surface area contributed by atoms with E-state index in [1.807, 2.05) is 6.07 Å². The van der Waals surface area contributed by atoms with Gasteiger partial charge in [-0.1, -0.05) is 60.1 Å². The zero-order chi connectivity index (χ0) is 34.8. The third-order valence-corrected chi connectivity index (χ3v) is 7.41. The Morgan fingerprint density at radius 1 is 1.06 bits per heavy atom. The van der Waals surface area contributed by atoms with Crippen molar-refractivity contribution in [3.05, 3.63) is 132 Å². The Kier molecular flexibility index (Phi) is 11.7. The topological polar surface area (TPSA) is 195 Å². The number of nitrogens with zero attached hydrogens (tertiary/aromatic N) is 3. The van der Waals surface area contributed by atoms with Crippen LogP contribution in [-0.4, -0.2) is 57.5 Å². The van der Waals surface area contributed by atoms with E-state index in [9.17, 15) is 34.1 Å². The van der Waals surface area contributed by atoms with Gasteiger partial charge in [-0.3, -0.25) is 34.0 Å². The zero-order valence-electron chi connectivity index (χ0n) is 25.8. The molecule has 0 aliphatic heterocycles. The van der Waals surface area contributed by atoms with E-state index in [0.717, 1.165) is 21.1 Å². The highest BCUT2D eigenvalue weighted by molar-refractivity contribution is 6.31. The molecule has 4 aromatic rings. The fraction of sp³-hybridized carbons (Fsp3) is 0.219. The summed E-state index contributed by atoms with van der Waals surface area (Å²) >= 11 is 6.52. The van der Waals surface area contributed by atoms with Gasteiger partial charge in [0.15, 0.2) is 0 Å². The number of aromatic amines is 1. The van der Waals surface area contributed by atoms with Crippen LogP contribution < -0.4 is 26.6 Å². The summed E-state index contributed by atoms with van der Waals surface area (Å²) in [6.07, 6.45) is 0.396. The molecule has 1 unspecified atom stereocenters. The van der Waals surface area contributed by atoms with Gasteiger partial charge in [-0.25, -0.2) is 9.59 Å². The maximum absolute atomic E-state index is 14.1. The molecule has 3 N–H and O–H groups in total. The van der Waals surface area contributed by atoms with E-state index in [-0.39, 0.29) is 47.3 Å². The highest BCUT2D eigenvalue weighted by Crippen LogP contribution is 2.33. The Morgan fingerprint density at radius 3 is 2.46 bits per heavy atom. The third kappa shape index (κ3) is 8.85. The number of nitro groups is 1. The maximum Gasteiger partial charge on any atom is 0.407 e. The zero-order valence-corrected chi connectivity index (χ0v) is 26.6. The smallest absolute Gasteiger partial charge is 0.407 e. The van der Waals surface area contributed by atoms with E-state index in [1.165, 1.54) is 44.5 Å². The quantitative estimate of drug-likeness (QED) is 0.140. The lowest BCUT2D eigenvalue weighted by molar-refractivity contribution is -0.384. The number of methoxy groups -OCH3 is 1. The number of benzene rings is 3. The number of carbonyl (C=O) groups excluding carboxylic acids is 3. The van der Waals surface area contributed by atoms with E-state index in [4.69, 9.17) is 21.1 Å².